The van der Waals surface area contributed by atoms with Crippen LogP contribution in [-0.4, -0.2) is 41.1 Å². The zero-order valence-corrected chi connectivity index (χ0v) is 14.6. The van der Waals surface area contributed by atoms with Crippen molar-refractivity contribution in [3.05, 3.63) is 65.2 Å². The van der Waals surface area contributed by atoms with Crippen molar-refractivity contribution in [2.24, 2.45) is 5.92 Å². The van der Waals surface area contributed by atoms with Crippen molar-refractivity contribution in [3.8, 4) is 0 Å². The third-order valence-corrected chi connectivity index (χ3v) is 4.57. The van der Waals surface area contributed by atoms with Crippen LogP contribution in [0.2, 0.25) is 0 Å². The fourth-order valence-corrected chi connectivity index (χ4v) is 3.21. The molecule has 1 atom stereocenters. The first-order chi connectivity index (χ1) is 12.1. The lowest BCUT2D eigenvalue weighted by atomic mass is 9.98. The van der Waals surface area contributed by atoms with Gasteiger partial charge in [0.1, 0.15) is 5.82 Å². The molecule has 2 aromatic rings. The van der Waals surface area contributed by atoms with Crippen LogP contribution in [0, 0.1) is 18.7 Å². The minimum absolute atomic E-state index is 0.0797. The molecule has 134 valence electrons. The third kappa shape index (κ3) is 6.27. The number of benzene rings is 1. The summed E-state index contributed by atoms with van der Waals surface area (Å²) in [5.74, 6) is 0.569. The summed E-state index contributed by atoms with van der Waals surface area (Å²) in [5.41, 5.74) is 3.15. The zero-order valence-electron chi connectivity index (χ0n) is 14.6. The quantitative estimate of drug-likeness (QED) is 0.845. The molecule has 1 aromatic heterocycles. The third-order valence-electron chi connectivity index (χ3n) is 4.57. The highest BCUT2D eigenvalue weighted by Gasteiger charge is 2.22. The lowest BCUT2D eigenvalue weighted by Gasteiger charge is -2.16. The molecule has 0 saturated carbocycles. The van der Waals surface area contributed by atoms with Gasteiger partial charge in [-0.1, -0.05) is 18.2 Å². The molecule has 25 heavy (non-hydrogen) atoms. The Bertz CT molecular complexity index is 664. The van der Waals surface area contributed by atoms with E-state index >= 15 is 0 Å². The molecule has 5 heteroatoms. The molecule has 1 aliphatic heterocycles. The number of pyridine rings is 1. The number of hydrogen-bond acceptors (Lipinski definition) is 3. The number of hydrogen-bond donors (Lipinski definition) is 1. The highest BCUT2D eigenvalue weighted by molar-refractivity contribution is 5.32. The van der Waals surface area contributed by atoms with E-state index < -0.39 is 0 Å². The van der Waals surface area contributed by atoms with Crippen LogP contribution in [0.3, 0.4) is 0 Å². The minimum atomic E-state index is -0.250. The molecule has 0 radical (unpaired) electrons. The van der Waals surface area contributed by atoms with Gasteiger partial charge in [-0.25, -0.2) is 4.39 Å². The fourth-order valence-electron chi connectivity index (χ4n) is 3.21. The van der Waals surface area contributed by atoms with Crippen LogP contribution >= 0.6 is 0 Å². The van der Waals surface area contributed by atoms with Gasteiger partial charge in [-0.3, -0.25) is 9.78 Å². The number of likely N-dealkylation sites (tertiary alicyclic amines) is 1. The second kappa shape index (κ2) is 9.89. The first-order valence-electron chi connectivity index (χ1n) is 8.56. The van der Waals surface area contributed by atoms with E-state index in [1.165, 1.54) is 12.0 Å². The molecule has 1 aromatic carbocycles. The molecule has 4 nitrogen and oxygen atoms in total. The van der Waals surface area contributed by atoms with Crippen LogP contribution < -0.4 is 0 Å². The summed E-state index contributed by atoms with van der Waals surface area (Å²) in [6.45, 7) is 4.92. The molecule has 1 fully saturated rings. The molecular formula is C20H25FN2O2. The van der Waals surface area contributed by atoms with E-state index in [9.17, 15) is 4.39 Å². The van der Waals surface area contributed by atoms with Crippen molar-refractivity contribution in [1.82, 2.24) is 9.88 Å². The van der Waals surface area contributed by atoms with E-state index in [-0.39, 0.29) is 12.3 Å². The van der Waals surface area contributed by atoms with Crippen LogP contribution in [0.15, 0.2) is 42.7 Å². The highest BCUT2D eigenvalue weighted by atomic mass is 19.1. The summed E-state index contributed by atoms with van der Waals surface area (Å²) in [6, 6.07) is 9.79. The summed E-state index contributed by atoms with van der Waals surface area (Å²) < 4.78 is 13.6. The predicted molar refractivity (Wildman–Crippen MR) is 96.0 cm³/mol. The minimum Gasteiger partial charge on any atom is -0.483 e. The molecule has 0 aliphatic carbocycles. The number of aryl methyl sites for hydroxylation is 1. The molecule has 1 unspecified atom stereocenters. The fraction of sp³-hybridized carbons (Fsp3) is 0.400. The molecule has 1 N–H and O–H groups in total. The molecule has 0 spiro atoms. The lowest BCUT2D eigenvalue weighted by molar-refractivity contribution is -0.122. The van der Waals surface area contributed by atoms with Gasteiger partial charge in [0, 0.05) is 25.5 Å². The monoisotopic (exact) mass is 344 g/mol. The van der Waals surface area contributed by atoms with E-state index in [0.29, 0.717) is 5.92 Å². The number of carbonyl (C=O) groups is 1. The van der Waals surface area contributed by atoms with Gasteiger partial charge in [-0.05, 0) is 67.5 Å². The Hall–Kier alpha value is -2.27. The van der Waals surface area contributed by atoms with E-state index in [4.69, 9.17) is 9.90 Å². The average molecular weight is 344 g/mol. The SMILES string of the molecule is Cc1ccc(CC2CCN(CCc3cccnc3)C2)cc1F.O=CO. The van der Waals surface area contributed by atoms with Crippen LogP contribution in [0.1, 0.15) is 23.1 Å². The first kappa shape index (κ1) is 19.1. The number of rotatable bonds is 5. The van der Waals surface area contributed by atoms with Gasteiger partial charge in [-0.15, -0.1) is 0 Å². The highest BCUT2D eigenvalue weighted by Crippen LogP contribution is 2.22. The standard InChI is InChI=1S/C19H23FN2.CH2O2/c1-15-4-5-17(12-19(15)20)11-18-7-10-22(14-18)9-6-16-3-2-8-21-13-16;2-1-3/h2-5,8,12-13,18H,6-7,9-11,14H2,1H3;1H,(H,2,3). The summed E-state index contributed by atoms with van der Waals surface area (Å²) in [5, 5.41) is 6.89. The van der Waals surface area contributed by atoms with Crippen LogP contribution in [0.4, 0.5) is 4.39 Å². The van der Waals surface area contributed by atoms with Crippen LogP contribution in [0.5, 0.6) is 0 Å². The Kier molecular flexibility index (Phi) is 7.54. The maximum atomic E-state index is 13.6. The van der Waals surface area contributed by atoms with Gasteiger partial charge < -0.3 is 10.0 Å². The predicted octanol–water partition coefficient (Wildman–Crippen LogP) is 3.34. The molecule has 2 heterocycles. The number of nitrogens with zero attached hydrogens (tertiary/aromatic N) is 2. The summed E-state index contributed by atoms with van der Waals surface area (Å²) in [7, 11) is 0. The zero-order chi connectivity index (χ0) is 18.1. The van der Waals surface area contributed by atoms with E-state index in [1.54, 1.807) is 6.07 Å². The van der Waals surface area contributed by atoms with Gasteiger partial charge in [0.2, 0.25) is 0 Å². The van der Waals surface area contributed by atoms with Gasteiger partial charge in [0.05, 0.1) is 0 Å². The second-order valence-electron chi connectivity index (χ2n) is 6.46. The maximum absolute atomic E-state index is 13.6. The number of halogens is 1. The van der Waals surface area contributed by atoms with Crippen LogP contribution in [0.25, 0.3) is 0 Å². The van der Waals surface area contributed by atoms with Crippen molar-refractivity contribution in [3.63, 3.8) is 0 Å². The van der Waals surface area contributed by atoms with Gasteiger partial charge in [-0.2, -0.15) is 0 Å². The Balaban J connectivity index is 0.000000701. The summed E-state index contributed by atoms with van der Waals surface area (Å²) >= 11 is 0. The van der Waals surface area contributed by atoms with Crippen molar-refractivity contribution in [2.45, 2.75) is 26.2 Å². The maximum Gasteiger partial charge on any atom is 0.290 e. The first-order valence-corrected chi connectivity index (χ1v) is 8.56. The Morgan fingerprint density at radius 3 is 2.84 bits per heavy atom. The lowest BCUT2D eigenvalue weighted by Crippen LogP contribution is -2.23. The van der Waals surface area contributed by atoms with Crippen LogP contribution in [-0.2, 0) is 17.6 Å². The van der Waals surface area contributed by atoms with Crippen molar-refractivity contribution in [1.29, 1.82) is 0 Å². The van der Waals surface area contributed by atoms with E-state index in [2.05, 4.69) is 22.0 Å². The van der Waals surface area contributed by atoms with Gasteiger partial charge in [0.15, 0.2) is 0 Å². The van der Waals surface area contributed by atoms with Crippen molar-refractivity contribution >= 4 is 6.47 Å². The molecule has 1 aliphatic rings. The van der Waals surface area contributed by atoms with E-state index in [0.717, 1.165) is 43.6 Å². The molecule has 1 saturated heterocycles. The summed E-state index contributed by atoms with van der Waals surface area (Å²) in [6.07, 6.45) is 7.02. The number of carboxylic acid groups (broad SMARTS) is 1. The van der Waals surface area contributed by atoms with Crippen molar-refractivity contribution < 1.29 is 14.3 Å². The summed E-state index contributed by atoms with van der Waals surface area (Å²) in [4.78, 5) is 15.0. The van der Waals surface area contributed by atoms with Gasteiger partial charge >= 0.3 is 0 Å². The largest absolute Gasteiger partial charge is 0.483 e. The average Bonchev–Trinajstić information content (AvgIpc) is 3.05. The Labute approximate surface area is 148 Å². The Morgan fingerprint density at radius 2 is 2.16 bits per heavy atom. The van der Waals surface area contributed by atoms with Crippen molar-refractivity contribution in [2.75, 3.05) is 19.6 Å². The molecular weight excluding hydrogens is 319 g/mol. The number of aromatic nitrogens is 1. The van der Waals surface area contributed by atoms with Gasteiger partial charge in [0.25, 0.3) is 6.47 Å². The molecule has 0 bridgehead atoms. The smallest absolute Gasteiger partial charge is 0.290 e. The molecule has 3 rings (SSSR count). The Morgan fingerprint density at radius 1 is 1.36 bits per heavy atom. The molecule has 0 amide bonds. The topological polar surface area (TPSA) is 53.4 Å². The second-order valence-corrected chi connectivity index (χ2v) is 6.46. The normalized spacial score (nSPS) is 17.0. The van der Waals surface area contributed by atoms with E-state index in [1.807, 2.05) is 31.5 Å².